The van der Waals surface area contributed by atoms with E-state index in [2.05, 4.69) is 13.8 Å². The fraction of sp³-hybridized carbons (Fsp3) is 1.00. The van der Waals surface area contributed by atoms with Crippen LogP contribution in [-0.2, 0) is 0 Å². The van der Waals surface area contributed by atoms with E-state index in [4.69, 9.17) is 0 Å². The molecule has 3 fully saturated rings. The minimum atomic E-state index is 1.02. The van der Waals surface area contributed by atoms with Crippen LogP contribution in [-0.4, -0.2) is 0 Å². The van der Waals surface area contributed by atoms with Gasteiger partial charge in [-0.15, -0.1) is 0 Å². The van der Waals surface area contributed by atoms with Crippen LogP contribution in [0.4, 0.5) is 0 Å². The second-order valence-electron chi connectivity index (χ2n) is 5.10. The Labute approximate surface area is 76.7 Å². The monoisotopic (exact) mass is 166 g/mol. The number of rotatable bonds is 0. The molecule has 3 saturated carbocycles. The van der Waals surface area contributed by atoms with Crippen LogP contribution in [0.25, 0.3) is 0 Å². The first kappa shape index (κ1) is 8.59. The summed E-state index contributed by atoms with van der Waals surface area (Å²) in [6.07, 6.45) is 9.15. The number of hydrogen-bond donors (Lipinski definition) is 0. The lowest BCUT2D eigenvalue weighted by molar-refractivity contribution is 0.0830. The average molecular weight is 166 g/mol. The molecule has 0 aromatic carbocycles. The van der Waals surface area contributed by atoms with Crippen molar-refractivity contribution in [2.45, 2.75) is 52.4 Å². The first-order valence-corrected chi connectivity index (χ1v) is 5.79. The van der Waals surface area contributed by atoms with Crippen LogP contribution in [0.2, 0.25) is 0 Å². The largest absolute Gasteiger partial charge is 0.0620 e. The van der Waals surface area contributed by atoms with Crippen LogP contribution in [0.5, 0.6) is 0 Å². The topological polar surface area (TPSA) is 0 Å². The Kier molecular flexibility index (Phi) is 2.43. The highest BCUT2D eigenvalue weighted by Crippen LogP contribution is 2.44. The third kappa shape index (κ3) is 1.41. The maximum absolute atomic E-state index is 2.49. The number of fused-ring (bicyclic) bond motifs is 5. The lowest BCUT2D eigenvalue weighted by Crippen LogP contribution is -2.32. The molecule has 0 aliphatic heterocycles. The fourth-order valence-electron chi connectivity index (χ4n) is 3.44. The Morgan fingerprint density at radius 1 is 0.667 bits per heavy atom. The van der Waals surface area contributed by atoms with E-state index in [1.54, 1.807) is 0 Å². The van der Waals surface area contributed by atoms with Gasteiger partial charge in [0, 0.05) is 0 Å². The molecule has 12 heavy (non-hydrogen) atoms. The first-order chi connectivity index (χ1) is 5.79. The van der Waals surface area contributed by atoms with Gasteiger partial charge in [0.25, 0.3) is 0 Å². The highest BCUT2D eigenvalue weighted by Gasteiger charge is 2.34. The van der Waals surface area contributed by atoms with Gasteiger partial charge >= 0.3 is 0 Å². The molecule has 0 heterocycles. The summed E-state index contributed by atoms with van der Waals surface area (Å²) < 4.78 is 0. The second kappa shape index (κ2) is 3.40. The Bertz CT molecular complexity index is 124. The van der Waals surface area contributed by atoms with Crippen LogP contribution in [0.1, 0.15) is 52.4 Å². The van der Waals surface area contributed by atoms with Crippen molar-refractivity contribution in [3.8, 4) is 0 Å². The molecule has 0 aromatic rings. The van der Waals surface area contributed by atoms with Crippen molar-refractivity contribution in [3.63, 3.8) is 0 Å². The van der Waals surface area contributed by atoms with Crippen molar-refractivity contribution < 1.29 is 0 Å². The van der Waals surface area contributed by atoms with Gasteiger partial charge in [-0.05, 0) is 36.5 Å². The van der Waals surface area contributed by atoms with Crippen LogP contribution in [0.15, 0.2) is 0 Å². The standard InChI is InChI=1S/C12H22/c1-9-10(2)12-6-4-3-5-11(9)7-8-12/h9-12H,3-8H2,1-2H3. The SMILES string of the molecule is CC1C2CCCCC(CC2)C1C. The van der Waals surface area contributed by atoms with E-state index >= 15 is 0 Å². The number of hydrogen-bond acceptors (Lipinski definition) is 0. The molecule has 3 rings (SSSR count). The van der Waals surface area contributed by atoms with E-state index in [9.17, 15) is 0 Å². The molecule has 0 spiro atoms. The van der Waals surface area contributed by atoms with Crippen molar-refractivity contribution >= 4 is 0 Å². The van der Waals surface area contributed by atoms with E-state index < -0.39 is 0 Å². The molecule has 4 unspecified atom stereocenters. The van der Waals surface area contributed by atoms with Gasteiger partial charge in [0.2, 0.25) is 0 Å². The van der Waals surface area contributed by atoms with E-state index in [1.807, 2.05) is 0 Å². The zero-order valence-corrected chi connectivity index (χ0v) is 8.55. The predicted octanol–water partition coefficient (Wildman–Crippen LogP) is 3.86. The Balaban J connectivity index is 2.09. The van der Waals surface area contributed by atoms with Crippen molar-refractivity contribution in [1.82, 2.24) is 0 Å². The lowest BCUT2D eigenvalue weighted by atomic mass is 9.64. The predicted molar refractivity (Wildman–Crippen MR) is 53.0 cm³/mol. The van der Waals surface area contributed by atoms with E-state index in [1.165, 1.54) is 38.5 Å². The Morgan fingerprint density at radius 2 is 1.08 bits per heavy atom. The van der Waals surface area contributed by atoms with Crippen molar-refractivity contribution in [1.29, 1.82) is 0 Å². The van der Waals surface area contributed by atoms with Crippen LogP contribution < -0.4 is 0 Å². The van der Waals surface area contributed by atoms with Crippen LogP contribution >= 0.6 is 0 Å². The van der Waals surface area contributed by atoms with Gasteiger partial charge in [-0.1, -0.05) is 39.5 Å². The van der Waals surface area contributed by atoms with Gasteiger partial charge in [0.1, 0.15) is 0 Å². The minimum absolute atomic E-state index is 1.02. The molecular formula is C12H22. The highest BCUT2D eigenvalue weighted by molar-refractivity contribution is 4.85. The molecular weight excluding hydrogens is 144 g/mol. The van der Waals surface area contributed by atoms with Crippen molar-refractivity contribution in [2.24, 2.45) is 23.7 Å². The van der Waals surface area contributed by atoms with Gasteiger partial charge in [-0.25, -0.2) is 0 Å². The average Bonchev–Trinajstić information content (AvgIpc) is 2.00. The van der Waals surface area contributed by atoms with E-state index in [0.717, 1.165) is 23.7 Å². The summed E-state index contributed by atoms with van der Waals surface area (Å²) in [6.45, 7) is 4.99. The summed E-state index contributed by atoms with van der Waals surface area (Å²) in [5.74, 6) is 4.20. The van der Waals surface area contributed by atoms with E-state index in [-0.39, 0.29) is 0 Å². The maximum atomic E-state index is 2.49. The Hall–Kier alpha value is 0. The first-order valence-electron chi connectivity index (χ1n) is 5.79. The molecule has 3 aliphatic carbocycles. The molecule has 0 aromatic heterocycles. The molecule has 0 amide bonds. The normalized spacial score (nSPS) is 48.5. The molecule has 0 saturated heterocycles. The highest BCUT2D eigenvalue weighted by atomic mass is 14.4. The Morgan fingerprint density at radius 3 is 1.50 bits per heavy atom. The van der Waals surface area contributed by atoms with Crippen LogP contribution in [0, 0.1) is 23.7 Å². The summed E-state index contributed by atoms with van der Waals surface area (Å²) in [5.41, 5.74) is 0. The molecule has 3 aliphatic rings. The molecule has 0 nitrogen and oxygen atoms in total. The summed E-state index contributed by atoms with van der Waals surface area (Å²) in [4.78, 5) is 0. The van der Waals surface area contributed by atoms with Gasteiger partial charge in [0.15, 0.2) is 0 Å². The van der Waals surface area contributed by atoms with Gasteiger partial charge in [-0.3, -0.25) is 0 Å². The second-order valence-corrected chi connectivity index (χ2v) is 5.10. The fourth-order valence-corrected chi connectivity index (χ4v) is 3.44. The lowest BCUT2D eigenvalue weighted by Gasteiger charge is -2.42. The smallest absolute Gasteiger partial charge is 0.0386 e. The summed E-state index contributed by atoms with van der Waals surface area (Å²) in [6, 6.07) is 0. The molecule has 0 N–H and O–H groups in total. The molecule has 2 bridgehead atoms. The van der Waals surface area contributed by atoms with E-state index in [0.29, 0.717) is 0 Å². The van der Waals surface area contributed by atoms with Gasteiger partial charge in [0.05, 0.1) is 0 Å². The minimum Gasteiger partial charge on any atom is -0.0620 e. The van der Waals surface area contributed by atoms with Gasteiger partial charge < -0.3 is 0 Å². The summed E-state index contributed by atoms with van der Waals surface area (Å²) in [7, 11) is 0. The third-order valence-electron chi connectivity index (χ3n) is 4.62. The maximum Gasteiger partial charge on any atom is -0.0386 e. The third-order valence-corrected chi connectivity index (χ3v) is 4.62. The zero-order chi connectivity index (χ0) is 8.55. The van der Waals surface area contributed by atoms with Gasteiger partial charge in [-0.2, -0.15) is 0 Å². The molecule has 0 heteroatoms. The molecule has 70 valence electrons. The summed E-state index contributed by atoms with van der Waals surface area (Å²) in [5, 5.41) is 0. The zero-order valence-electron chi connectivity index (χ0n) is 8.55. The summed E-state index contributed by atoms with van der Waals surface area (Å²) >= 11 is 0. The molecule has 0 radical (unpaired) electrons. The molecule has 4 atom stereocenters. The van der Waals surface area contributed by atoms with Crippen LogP contribution in [0.3, 0.4) is 0 Å². The van der Waals surface area contributed by atoms with Crippen molar-refractivity contribution in [2.75, 3.05) is 0 Å². The van der Waals surface area contributed by atoms with Crippen molar-refractivity contribution in [3.05, 3.63) is 0 Å². The quantitative estimate of drug-likeness (QED) is 0.512.